The van der Waals surface area contributed by atoms with E-state index in [-0.39, 0.29) is 6.61 Å². The molecule has 3 rings (SSSR count). The summed E-state index contributed by atoms with van der Waals surface area (Å²) < 4.78 is 11.1. The van der Waals surface area contributed by atoms with E-state index >= 15 is 0 Å². The van der Waals surface area contributed by atoms with E-state index in [1.807, 2.05) is 18.2 Å². The van der Waals surface area contributed by atoms with Crippen LogP contribution in [0.1, 0.15) is 5.56 Å². The molecule has 1 fully saturated rings. The van der Waals surface area contributed by atoms with E-state index in [1.54, 1.807) is 12.1 Å². The standard InChI is InChI=1S/C22H29ClN2O3/c23-20-6-8-22(9-7-20)28-18-21(26)17-25(16-19-4-2-1-3-5-19)11-10-24-12-14-27-15-13-24/h1-9,21,26H,10-18H2/t21-/m0/s1. The third-order valence-electron chi connectivity index (χ3n) is 4.81. The summed E-state index contributed by atoms with van der Waals surface area (Å²) in [5, 5.41) is 11.2. The van der Waals surface area contributed by atoms with Crippen molar-refractivity contribution in [2.75, 3.05) is 52.5 Å². The highest BCUT2D eigenvalue weighted by Crippen LogP contribution is 2.16. The molecule has 28 heavy (non-hydrogen) atoms. The van der Waals surface area contributed by atoms with Gasteiger partial charge >= 0.3 is 0 Å². The second-order valence-corrected chi connectivity index (χ2v) is 7.53. The molecule has 0 unspecified atom stereocenters. The highest BCUT2D eigenvalue weighted by atomic mass is 35.5. The van der Waals surface area contributed by atoms with Crippen LogP contribution in [-0.2, 0) is 11.3 Å². The van der Waals surface area contributed by atoms with Crippen LogP contribution in [0.3, 0.4) is 0 Å². The Morgan fingerprint density at radius 1 is 1.07 bits per heavy atom. The Morgan fingerprint density at radius 2 is 1.79 bits per heavy atom. The first kappa shape index (κ1) is 21.1. The van der Waals surface area contributed by atoms with Crippen molar-refractivity contribution in [3.63, 3.8) is 0 Å². The van der Waals surface area contributed by atoms with Gasteiger partial charge in [0, 0.05) is 44.3 Å². The molecule has 152 valence electrons. The van der Waals surface area contributed by atoms with Crippen molar-refractivity contribution in [3.8, 4) is 5.75 Å². The van der Waals surface area contributed by atoms with Gasteiger partial charge in [0.2, 0.25) is 0 Å². The first-order valence-corrected chi connectivity index (χ1v) is 10.2. The summed E-state index contributed by atoms with van der Waals surface area (Å²) in [5.41, 5.74) is 1.25. The number of hydrogen-bond donors (Lipinski definition) is 1. The zero-order chi connectivity index (χ0) is 19.6. The Hall–Kier alpha value is -1.63. The van der Waals surface area contributed by atoms with Crippen LogP contribution < -0.4 is 4.74 Å². The molecule has 2 aromatic carbocycles. The number of rotatable bonds is 10. The first-order valence-electron chi connectivity index (χ1n) is 9.82. The topological polar surface area (TPSA) is 45.2 Å². The summed E-state index contributed by atoms with van der Waals surface area (Å²) in [6.45, 7) is 7.05. The SMILES string of the molecule is O[C@H](COc1ccc(Cl)cc1)CN(CCN1CCOCC1)Cc1ccccc1. The molecule has 0 radical (unpaired) electrons. The maximum atomic E-state index is 10.5. The van der Waals surface area contributed by atoms with Gasteiger partial charge < -0.3 is 14.6 Å². The maximum absolute atomic E-state index is 10.5. The highest BCUT2D eigenvalue weighted by molar-refractivity contribution is 6.30. The number of ether oxygens (including phenoxy) is 2. The number of aliphatic hydroxyl groups excluding tert-OH is 1. The molecule has 5 nitrogen and oxygen atoms in total. The molecule has 0 spiro atoms. The lowest BCUT2D eigenvalue weighted by molar-refractivity contribution is 0.0256. The molecule has 1 saturated heterocycles. The first-order chi connectivity index (χ1) is 13.7. The van der Waals surface area contributed by atoms with Crippen molar-refractivity contribution in [1.82, 2.24) is 9.80 Å². The molecule has 6 heteroatoms. The normalized spacial score (nSPS) is 16.2. The molecule has 1 aliphatic heterocycles. The van der Waals surface area contributed by atoms with Crippen LogP contribution in [0.25, 0.3) is 0 Å². The molecule has 0 aromatic heterocycles. The zero-order valence-corrected chi connectivity index (χ0v) is 16.9. The minimum atomic E-state index is -0.566. The Bertz CT molecular complexity index is 678. The van der Waals surface area contributed by atoms with Gasteiger partial charge in [-0.15, -0.1) is 0 Å². The van der Waals surface area contributed by atoms with Crippen LogP contribution in [-0.4, -0.2) is 73.6 Å². The Labute approximate surface area is 172 Å². The van der Waals surface area contributed by atoms with Crippen molar-refractivity contribution in [2.24, 2.45) is 0 Å². The van der Waals surface area contributed by atoms with Crippen LogP contribution in [0.4, 0.5) is 0 Å². The van der Waals surface area contributed by atoms with Gasteiger partial charge in [-0.05, 0) is 29.8 Å². The van der Waals surface area contributed by atoms with E-state index in [0.29, 0.717) is 17.3 Å². The maximum Gasteiger partial charge on any atom is 0.119 e. The van der Waals surface area contributed by atoms with Gasteiger partial charge in [0.25, 0.3) is 0 Å². The summed E-state index contributed by atoms with van der Waals surface area (Å²) in [4.78, 5) is 4.71. The van der Waals surface area contributed by atoms with E-state index < -0.39 is 6.10 Å². The monoisotopic (exact) mass is 404 g/mol. The fourth-order valence-electron chi connectivity index (χ4n) is 3.26. The van der Waals surface area contributed by atoms with Crippen molar-refractivity contribution in [2.45, 2.75) is 12.6 Å². The number of aliphatic hydroxyl groups is 1. The molecule has 1 atom stereocenters. The van der Waals surface area contributed by atoms with Crippen LogP contribution in [0, 0.1) is 0 Å². The van der Waals surface area contributed by atoms with Crippen LogP contribution >= 0.6 is 11.6 Å². The summed E-state index contributed by atoms with van der Waals surface area (Å²) in [7, 11) is 0. The molecular weight excluding hydrogens is 376 g/mol. The average Bonchev–Trinajstić information content (AvgIpc) is 2.73. The fourth-order valence-corrected chi connectivity index (χ4v) is 3.38. The smallest absolute Gasteiger partial charge is 0.119 e. The molecule has 2 aromatic rings. The molecule has 1 aliphatic rings. The minimum Gasteiger partial charge on any atom is -0.491 e. The lowest BCUT2D eigenvalue weighted by atomic mass is 10.2. The molecule has 0 aliphatic carbocycles. The van der Waals surface area contributed by atoms with Crippen LogP contribution in [0.5, 0.6) is 5.75 Å². The second kappa shape index (κ2) is 11.4. The molecule has 1 heterocycles. The van der Waals surface area contributed by atoms with Crippen molar-refractivity contribution in [1.29, 1.82) is 0 Å². The summed E-state index contributed by atoms with van der Waals surface area (Å²) >= 11 is 5.90. The summed E-state index contributed by atoms with van der Waals surface area (Å²) in [6, 6.07) is 17.6. The number of hydrogen-bond acceptors (Lipinski definition) is 5. The van der Waals surface area contributed by atoms with E-state index in [4.69, 9.17) is 21.1 Å². The molecule has 1 N–H and O–H groups in total. The minimum absolute atomic E-state index is 0.254. The predicted octanol–water partition coefficient (Wildman–Crippen LogP) is 2.91. The van der Waals surface area contributed by atoms with Gasteiger partial charge in [0.1, 0.15) is 18.5 Å². The van der Waals surface area contributed by atoms with Crippen molar-refractivity contribution >= 4 is 11.6 Å². The number of morpholine rings is 1. The number of nitrogens with zero attached hydrogens (tertiary/aromatic N) is 2. The van der Waals surface area contributed by atoms with Crippen LogP contribution in [0.2, 0.25) is 5.02 Å². The Kier molecular flexibility index (Phi) is 8.58. The van der Waals surface area contributed by atoms with Gasteiger partial charge in [-0.25, -0.2) is 0 Å². The quantitative estimate of drug-likeness (QED) is 0.659. The largest absolute Gasteiger partial charge is 0.491 e. The van der Waals surface area contributed by atoms with Gasteiger partial charge in [-0.3, -0.25) is 9.80 Å². The Balaban J connectivity index is 1.51. The summed E-state index contributed by atoms with van der Waals surface area (Å²) in [6.07, 6.45) is -0.566. The third kappa shape index (κ3) is 7.41. The number of benzene rings is 2. The molecule has 0 bridgehead atoms. The van der Waals surface area contributed by atoms with Gasteiger partial charge in [0.05, 0.1) is 13.2 Å². The zero-order valence-electron chi connectivity index (χ0n) is 16.2. The second-order valence-electron chi connectivity index (χ2n) is 7.09. The van der Waals surface area contributed by atoms with Crippen molar-refractivity contribution in [3.05, 3.63) is 65.2 Å². The molecule has 0 amide bonds. The van der Waals surface area contributed by atoms with E-state index in [9.17, 15) is 5.11 Å². The number of halogens is 1. The van der Waals surface area contributed by atoms with Gasteiger partial charge in [-0.1, -0.05) is 41.9 Å². The van der Waals surface area contributed by atoms with E-state index in [1.165, 1.54) is 5.56 Å². The fraction of sp³-hybridized carbons (Fsp3) is 0.455. The third-order valence-corrected chi connectivity index (χ3v) is 5.06. The van der Waals surface area contributed by atoms with Gasteiger partial charge in [-0.2, -0.15) is 0 Å². The lowest BCUT2D eigenvalue weighted by Gasteiger charge is -2.31. The van der Waals surface area contributed by atoms with E-state index in [2.05, 4.69) is 34.1 Å². The summed E-state index contributed by atoms with van der Waals surface area (Å²) in [5.74, 6) is 0.714. The van der Waals surface area contributed by atoms with Gasteiger partial charge in [0.15, 0.2) is 0 Å². The lowest BCUT2D eigenvalue weighted by Crippen LogP contribution is -2.43. The molecule has 0 saturated carbocycles. The average molecular weight is 405 g/mol. The van der Waals surface area contributed by atoms with E-state index in [0.717, 1.165) is 45.9 Å². The highest BCUT2D eigenvalue weighted by Gasteiger charge is 2.16. The Morgan fingerprint density at radius 3 is 2.50 bits per heavy atom. The predicted molar refractivity (Wildman–Crippen MR) is 112 cm³/mol. The van der Waals surface area contributed by atoms with Crippen LogP contribution in [0.15, 0.2) is 54.6 Å². The van der Waals surface area contributed by atoms with Crippen molar-refractivity contribution < 1.29 is 14.6 Å². The molecular formula is C22H29ClN2O3.